The third kappa shape index (κ3) is 7.03. The molecule has 0 fully saturated rings. The molecular weight excluding hydrogens is 295 g/mol. The zero-order valence-corrected chi connectivity index (χ0v) is 13.2. The maximum Gasteiger partial charge on any atom is 0.191 e. The van der Waals surface area contributed by atoms with Gasteiger partial charge in [0.15, 0.2) is 5.96 Å². The molecule has 0 bridgehead atoms. The molecule has 0 aromatic carbocycles. The molecule has 0 aliphatic heterocycles. The number of nitrogens with one attached hydrogen (secondary N) is 2. The predicted octanol–water partition coefficient (Wildman–Crippen LogP) is 0.709. The van der Waals surface area contributed by atoms with Gasteiger partial charge in [0.2, 0.25) is 0 Å². The van der Waals surface area contributed by atoms with Crippen molar-refractivity contribution in [3.63, 3.8) is 0 Å². The van der Waals surface area contributed by atoms with Crippen molar-refractivity contribution in [3.8, 4) is 0 Å². The van der Waals surface area contributed by atoms with Gasteiger partial charge in [-0.15, -0.1) is 0 Å². The van der Waals surface area contributed by atoms with Gasteiger partial charge in [-0.25, -0.2) is 12.8 Å². The Bertz CT molecular complexity index is 590. The molecule has 1 heterocycles. The van der Waals surface area contributed by atoms with E-state index < -0.39 is 9.84 Å². The first-order chi connectivity index (χ1) is 9.81. The molecule has 6 nitrogen and oxygen atoms in total. The number of pyridine rings is 1. The first-order valence-corrected chi connectivity index (χ1v) is 8.62. The van der Waals surface area contributed by atoms with Crippen molar-refractivity contribution >= 4 is 15.8 Å². The van der Waals surface area contributed by atoms with Gasteiger partial charge >= 0.3 is 0 Å². The quantitative estimate of drug-likeness (QED) is 0.596. The molecule has 0 spiro atoms. The van der Waals surface area contributed by atoms with E-state index in [1.807, 2.05) is 6.92 Å². The van der Waals surface area contributed by atoms with Crippen LogP contribution in [0.1, 0.15) is 19.0 Å². The standard InChI is InChI=1S/C13H21FN4O2S/c1-10(6-8-21(3,19)20)18-13(15-2)17-9-12-11(14)5-4-7-16-12/h4-5,7,10H,6,8-9H2,1-3H3,(H2,15,17,18). The Balaban J connectivity index is 2.47. The van der Waals surface area contributed by atoms with E-state index in [9.17, 15) is 12.8 Å². The highest BCUT2D eigenvalue weighted by molar-refractivity contribution is 7.90. The fourth-order valence-electron chi connectivity index (χ4n) is 1.61. The minimum absolute atomic E-state index is 0.0699. The second-order valence-electron chi connectivity index (χ2n) is 4.82. The maximum atomic E-state index is 13.4. The summed E-state index contributed by atoms with van der Waals surface area (Å²) >= 11 is 0. The van der Waals surface area contributed by atoms with Crippen LogP contribution in [-0.2, 0) is 16.4 Å². The summed E-state index contributed by atoms with van der Waals surface area (Å²) in [6.45, 7) is 2.06. The fraction of sp³-hybridized carbons (Fsp3) is 0.538. The number of hydrogen-bond acceptors (Lipinski definition) is 4. The van der Waals surface area contributed by atoms with Gasteiger partial charge in [-0.2, -0.15) is 0 Å². The van der Waals surface area contributed by atoms with Crippen LogP contribution in [0.4, 0.5) is 4.39 Å². The molecule has 0 saturated heterocycles. The number of aliphatic imine (C=N–C) groups is 1. The van der Waals surface area contributed by atoms with E-state index in [4.69, 9.17) is 0 Å². The monoisotopic (exact) mass is 316 g/mol. The molecule has 0 amide bonds. The van der Waals surface area contributed by atoms with Crippen molar-refractivity contribution in [2.75, 3.05) is 19.1 Å². The van der Waals surface area contributed by atoms with Gasteiger partial charge in [-0.3, -0.25) is 9.98 Å². The van der Waals surface area contributed by atoms with Crippen molar-refractivity contribution in [1.29, 1.82) is 0 Å². The summed E-state index contributed by atoms with van der Waals surface area (Å²) in [6.07, 6.45) is 3.19. The average Bonchev–Trinajstić information content (AvgIpc) is 2.42. The van der Waals surface area contributed by atoms with E-state index in [1.54, 1.807) is 7.05 Å². The van der Waals surface area contributed by atoms with Crippen LogP contribution < -0.4 is 10.6 Å². The van der Waals surface area contributed by atoms with Crippen LogP contribution in [0.2, 0.25) is 0 Å². The van der Waals surface area contributed by atoms with E-state index in [2.05, 4.69) is 20.6 Å². The smallest absolute Gasteiger partial charge is 0.191 e. The third-order valence-electron chi connectivity index (χ3n) is 2.79. The summed E-state index contributed by atoms with van der Waals surface area (Å²) < 4.78 is 35.7. The Morgan fingerprint density at radius 2 is 2.24 bits per heavy atom. The zero-order chi connectivity index (χ0) is 15.9. The molecule has 118 valence electrons. The number of halogens is 1. The van der Waals surface area contributed by atoms with Gasteiger partial charge in [0.1, 0.15) is 15.7 Å². The molecule has 0 radical (unpaired) electrons. The molecular formula is C13H21FN4O2S. The van der Waals surface area contributed by atoms with E-state index in [0.29, 0.717) is 18.1 Å². The minimum atomic E-state index is -2.98. The Morgan fingerprint density at radius 1 is 1.52 bits per heavy atom. The van der Waals surface area contributed by atoms with Crippen molar-refractivity contribution in [3.05, 3.63) is 29.8 Å². The molecule has 0 aliphatic rings. The zero-order valence-electron chi connectivity index (χ0n) is 12.4. The van der Waals surface area contributed by atoms with Gasteiger partial charge in [-0.1, -0.05) is 0 Å². The van der Waals surface area contributed by atoms with Crippen LogP contribution in [0.3, 0.4) is 0 Å². The summed E-state index contributed by atoms with van der Waals surface area (Å²) in [5.41, 5.74) is 0.296. The van der Waals surface area contributed by atoms with Gasteiger partial charge in [0.05, 0.1) is 18.0 Å². The lowest BCUT2D eigenvalue weighted by molar-refractivity contribution is 0.576. The highest BCUT2D eigenvalue weighted by Gasteiger charge is 2.10. The van der Waals surface area contributed by atoms with Crippen molar-refractivity contribution < 1.29 is 12.8 Å². The highest BCUT2D eigenvalue weighted by Crippen LogP contribution is 2.01. The molecule has 1 aromatic rings. The number of guanidine groups is 1. The molecule has 0 aliphatic carbocycles. The summed E-state index contributed by atoms with van der Waals surface area (Å²) in [5.74, 6) is 0.194. The predicted molar refractivity (Wildman–Crippen MR) is 81.3 cm³/mol. The largest absolute Gasteiger partial charge is 0.354 e. The maximum absolute atomic E-state index is 13.4. The first kappa shape index (κ1) is 17.4. The Labute approximate surface area is 124 Å². The summed E-state index contributed by atoms with van der Waals surface area (Å²) in [4.78, 5) is 7.94. The SMILES string of the molecule is CN=C(NCc1ncccc1F)NC(C)CCS(C)(=O)=O. The average molecular weight is 316 g/mol. The highest BCUT2D eigenvalue weighted by atomic mass is 32.2. The molecule has 0 saturated carbocycles. The summed E-state index contributed by atoms with van der Waals surface area (Å²) in [7, 11) is -1.39. The van der Waals surface area contributed by atoms with E-state index in [1.165, 1.54) is 24.6 Å². The van der Waals surface area contributed by atoms with Crippen LogP contribution in [0, 0.1) is 5.82 Å². The van der Waals surface area contributed by atoms with Crippen LogP contribution in [0.15, 0.2) is 23.3 Å². The van der Waals surface area contributed by atoms with Crippen LogP contribution in [0.5, 0.6) is 0 Å². The van der Waals surface area contributed by atoms with Crippen LogP contribution in [-0.4, -0.2) is 44.5 Å². The van der Waals surface area contributed by atoms with E-state index in [0.717, 1.165) is 0 Å². The van der Waals surface area contributed by atoms with Gasteiger partial charge < -0.3 is 10.6 Å². The number of rotatable bonds is 6. The summed E-state index contributed by atoms with van der Waals surface area (Å²) in [5, 5.41) is 5.99. The molecule has 1 aromatic heterocycles. The third-order valence-corrected chi connectivity index (χ3v) is 3.76. The van der Waals surface area contributed by atoms with Crippen molar-refractivity contribution in [2.24, 2.45) is 4.99 Å². The second-order valence-corrected chi connectivity index (χ2v) is 7.08. The van der Waals surface area contributed by atoms with Gasteiger partial charge in [-0.05, 0) is 25.5 Å². The normalized spacial score (nSPS) is 13.8. The van der Waals surface area contributed by atoms with E-state index >= 15 is 0 Å². The van der Waals surface area contributed by atoms with Crippen molar-refractivity contribution in [1.82, 2.24) is 15.6 Å². The van der Waals surface area contributed by atoms with Crippen molar-refractivity contribution in [2.45, 2.75) is 25.9 Å². The Hall–Kier alpha value is -1.70. The lowest BCUT2D eigenvalue weighted by atomic mass is 10.3. The molecule has 8 heteroatoms. The second kappa shape index (κ2) is 7.92. The van der Waals surface area contributed by atoms with Crippen LogP contribution >= 0.6 is 0 Å². The number of nitrogens with zero attached hydrogens (tertiary/aromatic N) is 2. The Morgan fingerprint density at radius 3 is 2.81 bits per heavy atom. The first-order valence-electron chi connectivity index (χ1n) is 6.56. The lowest BCUT2D eigenvalue weighted by Crippen LogP contribution is -2.42. The fourth-order valence-corrected chi connectivity index (χ4v) is 2.39. The minimum Gasteiger partial charge on any atom is -0.354 e. The molecule has 21 heavy (non-hydrogen) atoms. The topological polar surface area (TPSA) is 83.4 Å². The number of hydrogen-bond donors (Lipinski definition) is 2. The molecule has 1 rings (SSSR count). The van der Waals surface area contributed by atoms with Gasteiger partial charge in [0.25, 0.3) is 0 Å². The van der Waals surface area contributed by atoms with E-state index in [-0.39, 0.29) is 24.2 Å². The lowest BCUT2D eigenvalue weighted by Gasteiger charge is -2.17. The van der Waals surface area contributed by atoms with Gasteiger partial charge in [0, 0.05) is 25.5 Å². The van der Waals surface area contributed by atoms with Crippen LogP contribution in [0.25, 0.3) is 0 Å². The molecule has 2 N–H and O–H groups in total. The number of aromatic nitrogens is 1. The summed E-state index contributed by atoms with van der Waals surface area (Å²) in [6, 6.07) is 2.80. The Kier molecular flexibility index (Phi) is 6.54. The molecule has 1 unspecified atom stereocenters. The molecule has 1 atom stereocenters. The number of sulfone groups is 1.